The van der Waals surface area contributed by atoms with E-state index in [-0.39, 0.29) is 18.9 Å². The van der Waals surface area contributed by atoms with Crippen LogP contribution in [0.3, 0.4) is 0 Å². The molecule has 4 N–H and O–H groups in total. The molecule has 8 nitrogen and oxygen atoms in total. The Bertz CT molecular complexity index is 1170. The number of rotatable bonds is 9. The number of alkyl carbamates (subject to hydrolysis) is 1. The number of fused-ring (bicyclic) bond motifs is 3. The van der Waals surface area contributed by atoms with E-state index in [9.17, 15) is 19.5 Å². The number of nitrogens with one attached hydrogen (secondary N) is 2. The highest BCUT2D eigenvalue weighted by molar-refractivity contribution is 5.90. The summed E-state index contributed by atoms with van der Waals surface area (Å²) in [4.78, 5) is 37.1. The molecule has 2 amide bonds. The SMILES string of the molecule is O=C(N[C@@H](C(=O)N[C@H](CCO)C(=O)O)c1ccccc1)OCC1c2ccccc2-c2ccccc21. The average Bonchev–Trinajstić information content (AvgIpc) is 3.20. The van der Waals surface area contributed by atoms with E-state index in [4.69, 9.17) is 9.84 Å². The molecule has 0 aromatic heterocycles. The van der Waals surface area contributed by atoms with Crippen LogP contribution in [-0.2, 0) is 14.3 Å². The van der Waals surface area contributed by atoms with Gasteiger partial charge in [-0.25, -0.2) is 9.59 Å². The fourth-order valence-electron chi connectivity index (χ4n) is 4.35. The van der Waals surface area contributed by atoms with E-state index in [0.717, 1.165) is 22.3 Å². The molecule has 0 fully saturated rings. The number of carbonyl (C=O) groups excluding carboxylic acids is 2. The largest absolute Gasteiger partial charge is 0.480 e. The van der Waals surface area contributed by atoms with E-state index in [2.05, 4.69) is 10.6 Å². The predicted molar refractivity (Wildman–Crippen MR) is 129 cm³/mol. The third-order valence-electron chi connectivity index (χ3n) is 6.03. The molecule has 1 aliphatic rings. The fourth-order valence-corrected chi connectivity index (χ4v) is 4.35. The van der Waals surface area contributed by atoms with Crippen molar-refractivity contribution in [1.82, 2.24) is 10.6 Å². The Kier molecular flexibility index (Phi) is 7.42. The van der Waals surface area contributed by atoms with Crippen LogP contribution in [0.2, 0.25) is 0 Å². The molecule has 0 spiro atoms. The molecule has 180 valence electrons. The van der Waals surface area contributed by atoms with Gasteiger partial charge in [0.1, 0.15) is 18.7 Å². The van der Waals surface area contributed by atoms with Gasteiger partial charge in [0.2, 0.25) is 5.91 Å². The van der Waals surface area contributed by atoms with Crippen LogP contribution < -0.4 is 10.6 Å². The lowest BCUT2D eigenvalue weighted by Gasteiger charge is -2.22. The number of ether oxygens (including phenoxy) is 1. The summed E-state index contributed by atoms with van der Waals surface area (Å²) in [6, 6.07) is 21.9. The van der Waals surface area contributed by atoms with E-state index < -0.39 is 36.7 Å². The molecule has 1 aliphatic carbocycles. The Hall–Kier alpha value is -4.17. The van der Waals surface area contributed by atoms with Gasteiger partial charge in [-0.05, 0) is 27.8 Å². The van der Waals surface area contributed by atoms with Gasteiger partial charge in [0.15, 0.2) is 0 Å². The van der Waals surface area contributed by atoms with Crippen LogP contribution in [0.5, 0.6) is 0 Å². The van der Waals surface area contributed by atoms with Gasteiger partial charge in [0, 0.05) is 18.9 Å². The molecule has 0 saturated carbocycles. The Morgan fingerprint density at radius 3 is 1.97 bits per heavy atom. The standard InChI is InChI=1S/C27H26N2O6/c30-15-14-23(26(32)33)28-25(31)24(17-8-2-1-3-9-17)29-27(34)35-16-22-20-12-6-4-10-18(20)19-11-5-7-13-21(19)22/h1-13,22-24,30H,14-16H2,(H,28,31)(H,29,34)(H,32,33)/t23-,24-/m1/s1. The predicted octanol–water partition coefficient (Wildman–Crippen LogP) is 3.22. The van der Waals surface area contributed by atoms with E-state index >= 15 is 0 Å². The Labute approximate surface area is 202 Å². The monoisotopic (exact) mass is 474 g/mol. The highest BCUT2D eigenvalue weighted by Crippen LogP contribution is 2.44. The van der Waals surface area contributed by atoms with Crippen molar-refractivity contribution in [2.45, 2.75) is 24.4 Å². The maximum atomic E-state index is 12.9. The summed E-state index contributed by atoms with van der Waals surface area (Å²) in [7, 11) is 0. The van der Waals surface area contributed by atoms with Gasteiger partial charge >= 0.3 is 12.1 Å². The van der Waals surface area contributed by atoms with Crippen LogP contribution in [0.15, 0.2) is 78.9 Å². The molecular weight excluding hydrogens is 448 g/mol. The quantitative estimate of drug-likeness (QED) is 0.377. The molecule has 3 aromatic rings. The number of aliphatic hydroxyl groups is 1. The summed E-state index contributed by atoms with van der Waals surface area (Å²) in [5.41, 5.74) is 4.79. The number of carboxylic acid groups (broad SMARTS) is 1. The van der Waals surface area contributed by atoms with Crippen molar-refractivity contribution in [3.8, 4) is 11.1 Å². The van der Waals surface area contributed by atoms with Crippen molar-refractivity contribution < 1.29 is 29.3 Å². The van der Waals surface area contributed by atoms with Crippen molar-refractivity contribution in [1.29, 1.82) is 0 Å². The lowest BCUT2D eigenvalue weighted by atomic mass is 9.98. The molecule has 0 aliphatic heterocycles. The molecule has 0 unspecified atom stereocenters. The first-order valence-electron chi connectivity index (χ1n) is 11.3. The zero-order chi connectivity index (χ0) is 24.8. The zero-order valence-electron chi connectivity index (χ0n) is 18.9. The molecule has 0 heterocycles. The number of carbonyl (C=O) groups is 3. The van der Waals surface area contributed by atoms with Gasteiger partial charge in [0.05, 0.1) is 0 Å². The number of hydrogen-bond donors (Lipinski definition) is 4. The highest BCUT2D eigenvalue weighted by atomic mass is 16.5. The van der Waals surface area contributed by atoms with E-state index in [1.807, 2.05) is 48.5 Å². The first-order chi connectivity index (χ1) is 17.0. The Morgan fingerprint density at radius 2 is 1.40 bits per heavy atom. The summed E-state index contributed by atoms with van der Waals surface area (Å²) >= 11 is 0. The number of hydrogen-bond acceptors (Lipinski definition) is 5. The number of benzene rings is 3. The second-order valence-electron chi connectivity index (χ2n) is 8.23. The Morgan fingerprint density at radius 1 is 0.829 bits per heavy atom. The van der Waals surface area contributed by atoms with Gasteiger partial charge in [-0.1, -0.05) is 78.9 Å². The van der Waals surface area contributed by atoms with Crippen molar-refractivity contribution >= 4 is 18.0 Å². The second kappa shape index (κ2) is 10.8. The first kappa shape index (κ1) is 24.0. The molecule has 0 radical (unpaired) electrons. The number of carboxylic acids is 1. The van der Waals surface area contributed by atoms with Crippen LogP contribution in [0.1, 0.15) is 35.1 Å². The van der Waals surface area contributed by atoms with Gasteiger partial charge in [-0.2, -0.15) is 0 Å². The minimum absolute atomic E-state index is 0.0747. The van der Waals surface area contributed by atoms with Gasteiger partial charge < -0.3 is 25.6 Å². The van der Waals surface area contributed by atoms with Crippen LogP contribution in [-0.4, -0.2) is 47.4 Å². The van der Waals surface area contributed by atoms with Crippen molar-refractivity contribution in [3.63, 3.8) is 0 Å². The molecule has 35 heavy (non-hydrogen) atoms. The van der Waals surface area contributed by atoms with E-state index in [0.29, 0.717) is 5.56 Å². The maximum Gasteiger partial charge on any atom is 0.408 e. The smallest absolute Gasteiger partial charge is 0.408 e. The molecule has 0 bridgehead atoms. The van der Waals surface area contributed by atoms with Crippen LogP contribution in [0, 0.1) is 0 Å². The maximum absolute atomic E-state index is 12.9. The number of aliphatic hydroxyl groups excluding tert-OH is 1. The lowest BCUT2D eigenvalue weighted by Crippen LogP contribution is -2.47. The summed E-state index contributed by atoms with van der Waals surface area (Å²) in [5, 5.41) is 23.4. The van der Waals surface area contributed by atoms with Crippen molar-refractivity contribution in [2.75, 3.05) is 13.2 Å². The average molecular weight is 475 g/mol. The molecule has 0 saturated heterocycles. The van der Waals surface area contributed by atoms with Crippen molar-refractivity contribution in [2.24, 2.45) is 0 Å². The summed E-state index contributed by atoms with van der Waals surface area (Å²) in [6.45, 7) is -0.335. The number of aliphatic carboxylic acids is 1. The highest BCUT2D eigenvalue weighted by Gasteiger charge is 2.31. The fraction of sp³-hybridized carbons (Fsp3) is 0.222. The molecule has 8 heteroatoms. The molecule has 2 atom stereocenters. The topological polar surface area (TPSA) is 125 Å². The van der Waals surface area contributed by atoms with Crippen LogP contribution in [0.4, 0.5) is 4.79 Å². The third kappa shape index (κ3) is 5.33. The zero-order valence-corrected chi connectivity index (χ0v) is 18.9. The van der Waals surface area contributed by atoms with Crippen LogP contribution >= 0.6 is 0 Å². The van der Waals surface area contributed by atoms with Gasteiger partial charge in [0.25, 0.3) is 0 Å². The first-order valence-corrected chi connectivity index (χ1v) is 11.3. The van der Waals surface area contributed by atoms with Gasteiger partial charge in [-0.3, -0.25) is 4.79 Å². The third-order valence-corrected chi connectivity index (χ3v) is 6.03. The minimum atomic E-state index is -1.29. The molecular formula is C27H26N2O6. The summed E-state index contributed by atoms with van der Waals surface area (Å²) in [5.74, 6) is -2.14. The van der Waals surface area contributed by atoms with Crippen LogP contribution in [0.25, 0.3) is 11.1 Å². The van der Waals surface area contributed by atoms with E-state index in [1.54, 1.807) is 30.3 Å². The van der Waals surface area contributed by atoms with E-state index in [1.165, 1.54) is 0 Å². The summed E-state index contributed by atoms with van der Waals surface area (Å²) in [6.07, 6.45) is -0.960. The molecule has 4 rings (SSSR count). The van der Waals surface area contributed by atoms with Gasteiger partial charge in [-0.15, -0.1) is 0 Å². The lowest BCUT2D eigenvalue weighted by molar-refractivity contribution is -0.142. The number of amides is 2. The summed E-state index contributed by atoms with van der Waals surface area (Å²) < 4.78 is 5.56. The van der Waals surface area contributed by atoms with Crippen molar-refractivity contribution in [3.05, 3.63) is 95.6 Å². The Balaban J connectivity index is 1.48. The molecule has 3 aromatic carbocycles. The second-order valence-corrected chi connectivity index (χ2v) is 8.23. The normalized spacial score (nSPS) is 13.7. The minimum Gasteiger partial charge on any atom is -0.480 e.